The molecule has 3 aromatic carbocycles. The van der Waals surface area contributed by atoms with Gasteiger partial charge in [0.1, 0.15) is 5.58 Å². The van der Waals surface area contributed by atoms with Gasteiger partial charge in [0.05, 0.1) is 12.0 Å². The second kappa shape index (κ2) is 7.13. The largest absolute Gasteiger partial charge is 0.452 e. The van der Waals surface area contributed by atoms with Gasteiger partial charge in [-0.3, -0.25) is 4.79 Å². The van der Waals surface area contributed by atoms with Crippen molar-refractivity contribution in [2.24, 2.45) is 0 Å². The lowest BCUT2D eigenvalue weighted by atomic mass is 9.96. The highest BCUT2D eigenvalue weighted by Crippen LogP contribution is 2.40. The highest BCUT2D eigenvalue weighted by atomic mass is 16.4. The summed E-state index contributed by atoms with van der Waals surface area (Å²) in [6.45, 7) is -0.304. The first-order valence-electron chi connectivity index (χ1n) is 9.45. The van der Waals surface area contributed by atoms with Crippen LogP contribution in [0.4, 0.5) is 0 Å². The third-order valence-electron chi connectivity index (χ3n) is 5.12. The van der Waals surface area contributed by atoms with E-state index in [0.717, 1.165) is 5.56 Å². The fourth-order valence-electron chi connectivity index (χ4n) is 3.76. The highest BCUT2D eigenvalue weighted by molar-refractivity contribution is 6.20. The maximum atomic E-state index is 13.3. The number of rotatable bonds is 4. The quantitative estimate of drug-likeness (QED) is 0.344. The number of hydrogen-bond donors (Lipinski definition) is 1. The molecule has 0 aliphatic carbocycles. The fraction of sp³-hybridized carbons (Fsp3) is 0.0400. The Morgan fingerprint density at radius 1 is 0.867 bits per heavy atom. The van der Waals surface area contributed by atoms with Gasteiger partial charge in [-0.2, -0.15) is 0 Å². The summed E-state index contributed by atoms with van der Waals surface area (Å²) in [5.74, 6) is -0.0913. The minimum Gasteiger partial charge on any atom is -0.452 e. The Balaban J connectivity index is 1.92. The van der Waals surface area contributed by atoms with E-state index < -0.39 is 5.63 Å². The molecule has 5 nitrogen and oxygen atoms in total. The van der Waals surface area contributed by atoms with E-state index in [1.54, 1.807) is 36.4 Å². The Bertz CT molecular complexity index is 1440. The molecule has 0 radical (unpaired) electrons. The fourth-order valence-corrected chi connectivity index (χ4v) is 3.76. The van der Waals surface area contributed by atoms with E-state index in [1.165, 1.54) is 6.07 Å². The first-order chi connectivity index (χ1) is 14.7. The van der Waals surface area contributed by atoms with Crippen molar-refractivity contribution in [3.63, 3.8) is 0 Å². The molecule has 1 N–H and O–H groups in total. The maximum Gasteiger partial charge on any atom is 0.336 e. The minimum absolute atomic E-state index is 0.173. The van der Waals surface area contributed by atoms with E-state index in [4.69, 9.17) is 8.83 Å². The first kappa shape index (κ1) is 18.1. The molecular weight excluding hydrogens is 380 g/mol. The van der Waals surface area contributed by atoms with E-state index in [-0.39, 0.29) is 18.2 Å². The lowest BCUT2D eigenvalue weighted by Gasteiger charge is -2.06. The molecule has 0 amide bonds. The lowest BCUT2D eigenvalue weighted by molar-refractivity contribution is 0.101. The molecule has 5 aromatic rings. The van der Waals surface area contributed by atoms with Gasteiger partial charge >= 0.3 is 5.63 Å². The second-order valence-corrected chi connectivity index (χ2v) is 6.93. The van der Waals surface area contributed by atoms with Crippen LogP contribution in [0.15, 0.2) is 92.5 Å². The van der Waals surface area contributed by atoms with Gasteiger partial charge in [-0.25, -0.2) is 4.79 Å². The van der Waals surface area contributed by atoms with Gasteiger partial charge in [0.25, 0.3) is 0 Å². The Kier molecular flexibility index (Phi) is 4.30. The van der Waals surface area contributed by atoms with Gasteiger partial charge in [-0.15, -0.1) is 0 Å². The number of hydrogen-bond acceptors (Lipinski definition) is 5. The van der Waals surface area contributed by atoms with Crippen LogP contribution in [0, 0.1) is 0 Å². The number of fused-ring (bicyclic) bond motifs is 3. The van der Waals surface area contributed by atoms with Crippen molar-refractivity contribution in [1.29, 1.82) is 0 Å². The molecule has 0 aliphatic heterocycles. The maximum absolute atomic E-state index is 13.3. The summed E-state index contributed by atoms with van der Waals surface area (Å²) in [4.78, 5) is 25.5. The molecule has 0 fully saturated rings. The SMILES string of the molecule is O=C(c1ccccc1)c1oc2ccc3c(CO)cc(=O)oc3c2c1-c1ccccc1. The minimum atomic E-state index is -0.574. The number of furan rings is 1. The normalized spacial score (nSPS) is 11.2. The Morgan fingerprint density at radius 3 is 2.27 bits per heavy atom. The standard InChI is InChI=1S/C25H16O5/c26-14-17-13-20(27)30-24-18(17)11-12-19-22(24)21(15-7-3-1-4-8-15)25(29-19)23(28)16-9-5-2-6-10-16/h1-13,26H,14H2. The second-order valence-electron chi connectivity index (χ2n) is 6.93. The van der Waals surface area contributed by atoms with Crippen molar-refractivity contribution in [3.05, 3.63) is 106 Å². The number of carbonyl (C=O) groups is 1. The molecule has 5 rings (SSSR count). The lowest BCUT2D eigenvalue weighted by Crippen LogP contribution is -2.02. The predicted octanol–water partition coefficient (Wildman–Crippen LogP) is 4.93. The third-order valence-corrected chi connectivity index (χ3v) is 5.12. The van der Waals surface area contributed by atoms with Crippen molar-refractivity contribution < 1.29 is 18.7 Å². The van der Waals surface area contributed by atoms with Crippen molar-refractivity contribution in [1.82, 2.24) is 0 Å². The van der Waals surface area contributed by atoms with Crippen molar-refractivity contribution in [2.75, 3.05) is 0 Å². The van der Waals surface area contributed by atoms with Crippen molar-refractivity contribution >= 4 is 27.7 Å². The van der Waals surface area contributed by atoms with Crippen LogP contribution < -0.4 is 5.63 Å². The van der Waals surface area contributed by atoms with E-state index in [2.05, 4.69) is 0 Å². The van der Waals surface area contributed by atoms with Crippen LogP contribution in [0.1, 0.15) is 21.7 Å². The van der Waals surface area contributed by atoms with Gasteiger partial charge in [-0.1, -0.05) is 60.7 Å². The average Bonchev–Trinajstić information content (AvgIpc) is 3.19. The molecule has 0 spiro atoms. The average molecular weight is 396 g/mol. The van der Waals surface area contributed by atoms with E-state index in [0.29, 0.717) is 38.6 Å². The molecule has 5 heteroatoms. The van der Waals surface area contributed by atoms with Gasteiger partial charge in [0, 0.05) is 22.6 Å². The monoisotopic (exact) mass is 396 g/mol. The van der Waals surface area contributed by atoms with Crippen LogP contribution in [-0.2, 0) is 6.61 Å². The summed E-state index contributed by atoms with van der Waals surface area (Å²) >= 11 is 0. The smallest absolute Gasteiger partial charge is 0.336 e. The molecule has 0 unspecified atom stereocenters. The van der Waals surface area contributed by atoms with Crippen LogP contribution in [0.5, 0.6) is 0 Å². The summed E-state index contributed by atoms with van der Waals surface area (Å²) < 4.78 is 11.6. The van der Waals surface area contributed by atoms with Crippen LogP contribution >= 0.6 is 0 Å². The van der Waals surface area contributed by atoms with Crippen LogP contribution in [-0.4, -0.2) is 10.9 Å². The molecule has 2 heterocycles. The van der Waals surface area contributed by atoms with Gasteiger partial charge in [0.15, 0.2) is 11.3 Å². The number of aliphatic hydroxyl groups excluding tert-OH is 1. The highest BCUT2D eigenvalue weighted by Gasteiger charge is 2.25. The van der Waals surface area contributed by atoms with Crippen LogP contribution in [0.25, 0.3) is 33.1 Å². The number of benzene rings is 3. The predicted molar refractivity (Wildman–Crippen MR) is 113 cm³/mol. The third kappa shape index (κ3) is 2.84. The zero-order valence-electron chi connectivity index (χ0n) is 15.8. The molecule has 0 aliphatic rings. The van der Waals surface area contributed by atoms with Crippen molar-refractivity contribution in [2.45, 2.75) is 6.61 Å². The van der Waals surface area contributed by atoms with Gasteiger partial charge in [0.2, 0.25) is 5.78 Å². The van der Waals surface area contributed by atoms with Gasteiger partial charge < -0.3 is 13.9 Å². The summed E-state index contributed by atoms with van der Waals surface area (Å²) in [6, 6.07) is 23.0. The molecule has 30 heavy (non-hydrogen) atoms. The molecular formula is C25H16O5. The Hall–Kier alpha value is -3.96. The number of ketones is 1. The Morgan fingerprint density at radius 2 is 1.57 bits per heavy atom. The number of aliphatic hydroxyl groups is 1. The zero-order valence-corrected chi connectivity index (χ0v) is 15.8. The van der Waals surface area contributed by atoms with E-state index in [9.17, 15) is 14.7 Å². The van der Waals surface area contributed by atoms with Crippen molar-refractivity contribution in [3.8, 4) is 11.1 Å². The zero-order chi connectivity index (χ0) is 20.7. The molecule has 0 saturated carbocycles. The molecule has 146 valence electrons. The number of carbonyl (C=O) groups excluding carboxylic acids is 1. The molecule has 2 aromatic heterocycles. The summed E-state index contributed by atoms with van der Waals surface area (Å²) in [6.07, 6.45) is 0. The molecule has 0 saturated heterocycles. The summed E-state index contributed by atoms with van der Waals surface area (Å²) in [5, 5.41) is 10.8. The summed E-state index contributed by atoms with van der Waals surface area (Å²) in [7, 11) is 0. The molecule has 0 bridgehead atoms. The first-order valence-corrected chi connectivity index (χ1v) is 9.45. The van der Waals surface area contributed by atoms with E-state index >= 15 is 0 Å². The summed E-state index contributed by atoms with van der Waals surface area (Å²) in [5.41, 5.74) is 2.42. The van der Waals surface area contributed by atoms with Gasteiger partial charge in [-0.05, 0) is 23.3 Å². The van der Waals surface area contributed by atoms with Crippen LogP contribution in [0.2, 0.25) is 0 Å². The molecule has 0 atom stereocenters. The van der Waals surface area contributed by atoms with Crippen LogP contribution in [0.3, 0.4) is 0 Å². The van der Waals surface area contributed by atoms with E-state index in [1.807, 2.05) is 36.4 Å². The topological polar surface area (TPSA) is 80.6 Å². The Labute approximate surface area is 170 Å².